The van der Waals surface area contributed by atoms with E-state index in [1.165, 1.54) is 4.90 Å². The molecule has 6 nitrogen and oxygen atoms in total. The molecule has 0 aliphatic heterocycles. The highest BCUT2D eigenvalue weighted by Crippen LogP contribution is 2.35. The first-order valence-corrected chi connectivity index (χ1v) is 7.34. The largest absolute Gasteiger partial charge is 0.508 e. The lowest BCUT2D eigenvalue weighted by molar-refractivity contribution is -0.106. The number of phenolic OH excluding ortho intramolecular Hbond substituents is 1. The summed E-state index contributed by atoms with van der Waals surface area (Å²) in [5.41, 5.74) is 2.12. The van der Waals surface area contributed by atoms with Crippen molar-refractivity contribution in [1.29, 1.82) is 0 Å². The summed E-state index contributed by atoms with van der Waals surface area (Å²) in [6, 6.07) is 15.9. The molecule has 0 aliphatic carbocycles. The predicted molar refractivity (Wildman–Crippen MR) is 92.7 cm³/mol. The van der Waals surface area contributed by atoms with Gasteiger partial charge in [-0.15, -0.1) is 0 Å². The number of phenols is 1. The minimum absolute atomic E-state index is 0.0756. The van der Waals surface area contributed by atoms with Crippen LogP contribution in [0.25, 0.3) is 21.8 Å². The first kappa shape index (κ1) is 14.1. The highest BCUT2D eigenvalue weighted by molar-refractivity contribution is 6.03. The average Bonchev–Trinajstić information content (AvgIpc) is 2.94. The van der Waals surface area contributed by atoms with Gasteiger partial charge < -0.3 is 15.1 Å². The van der Waals surface area contributed by atoms with Crippen LogP contribution in [0.5, 0.6) is 5.75 Å². The number of carbonyl (C=O) groups is 1. The van der Waals surface area contributed by atoms with Crippen molar-refractivity contribution in [2.45, 2.75) is 0 Å². The molecule has 0 atom stereocenters. The van der Waals surface area contributed by atoms with Crippen molar-refractivity contribution in [3.63, 3.8) is 0 Å². The van der Waals surface area contributed by atoms with Gasteiger partial charge in [-0.1, -0.05) is 24.3 Å². The summed E-state index contributed by atoms with van der Waals surface area (Å²) in [5, 5.41) is 11.6. The van der Waals surface area contributed by atoms with Gasteiger partial charge in [-0.2, -0.15) is 0 Å². The molecule has 1 heterocycles. The number of hydrogen-bond acceptors (Lipinski definition) is 3. The molecule has 3 N–H and O–H groups in total. The van der Waals surface area contributed by atoms with Crippen LogP contribution in [0, 0.1) is 0 Å². The summed E-state index contributed by atoms with van der Waals surface area (Å²) in [6.45, 7) is 0. The number of fused-ring (bicyclic) bond motifs is 2. The van der Waals surface area contributed by atoms with Gasteiger partial charge in [0.2, 0.25) is 6.41 Å². The number of anilines is 2. The third kappa shape index (κ3) is 2.21. The van der Waals surface area contributed by atoms with Crippen LogP contribution < -0.4 is 10.6 Å². The normalized spacial score (nSPS) is 11.0. The first-order chi connectivity index (χ1) is 11.7. The number of aromatic nitrogens is 2. The SMILES string of the molecule is O=CN(c1ccc2[nH]c(=O)[nH]c2c1)c1cc(O)cc2ccccc12. The Balaban J connectivity index is 1.94. The molecule has 6 heteroatoms. The van der Waals surface area contributed by atoms with E-state index in [9.17, 15) is 14.7 Å². The zero-order valence-electron chi connectivity index (χ0n) is 12.5. The predicted octanol–water partition coefficient (Wildman–Crippen LogP) is 3.01. The van der Waals surface area contributed by atoms with Crippen LogP contribution in [0.4, 0.5) is 11.4 Å². The number of aromatic amines is 2. The van der Waals surface area contributed by atoms with E-state index in [4.69, 9.17) is 0 Å². The molecular weight excluding hydrogens is 306 g/mol. The molecule has 4 rings (SSSR count). The number of imidazole rings is 1. The second-order valence-electron chi connectivity index (χ2n) is 5.47. The third-order valence-corrected chi connectivity index (χ3v) is 3.97. The lowest BCUT2D eigenvalue weighted by Gasteiger charge is -2.20. The maximum Gasteiger partial charge on any atom is 0.323 e. The van der Waals surface area contributed by atoms with Gasteiger partial charge in [-0.05, 0) is 29.7 Å². The zero-order chi connectivity index (χ0) is 16.7. The number of hydrogen-bond donors (Lipinski definition) is 3. The maximum atomic E-state index is 11.8. The summed E-state index contributed by atoms with van der Waals surface area (Å²) in [5.74, 6) is 0.0756. The van der Waals surface area contributed by atoms with Gasteiger partial charge in [0.25, 0.3) is 0 Å². The number of nitrogens with one attached hydrogen (secondary N) is 2. The molecule has 0 aliphatic rings. The highest BCUT2D eigenvalue weighted by atomic mass is 16.3. The molecule has 118 valence electrons. The molecule has 0 radical (unpaired) electrons. The van der Waals surface area contributed by atoms with Gasteiger partial charge in [0.15, 0.2) is 0 Å². The average molecular weight is 319 g/mol. The van der Waals surface area contributed by atoms with Crippen molar-refractivity contribution in [2.24, 2.45) is 0 Å². The van der Waals surface area contributed by atoms with Crippen LogP contribution in [0.3, 0.4) is 0 Å². The van der Waals surface area contributed by atoms with Crippen molar-refractivity contribution in [2.75, 3.05) is 4.90 Å². The van der Waals surface area contributed by atoms with Crippen molar-refractivity contribution in [3.05, 3.63) is 65.1 Å². The minimum atomic E-state index is -0.303. The molecule has 0 saturated carbocycles. The first-order valence-electron chi connectivity index (χ1n) is 7.34. The lowest BCUT2D eigenvalue weighted by atomic mass is 10.1. The van der Waals surface area contributed by atoms with Gasteiger partial charge in [0, 0.05) is 11.5 Å². The summed E-state index contributed by atoms with van der Waals surface area (Å²) in [6.07, 6.45) is 0.688. The van der Waals surface area contributed by atoms with Crippen LogP contribution in [0.1, 0.15) is 0 Å². The summed E-state index contributed by atoms with van der Waals surface area (Å²) in [7, 11) is 0. The number of nitrogens with zero attached hydrogens (tertiary/aromatic N) is 1. The molecule has 1 aromatic heterocycles. The summed E-state index contributed by atoms with van der Waals surface area (Å²) in [4.78, 5) is 29.9. The van der Waals surface area contributed by atoms with E-state index < -0.39 is 0 Å². The Morgan fingerprint density at radius 1 is 0.958 bits per heavy atom. The highest BCUT2D eigenvalue weighted by Gasteiger charge is 2.14. The number of amides is 1. The Bertz CT molecular complexity index is 1130. The monoisotopic (exact) mass is 319 g/mol. The van der Waals surface area contributed by atoms with Crippen molar-refractivity contribution >= 4 is 39.6 Å². The number of rotatable bonds is 3. The molecule has 4 aromatic rings. The van der Waals surface area contributed by atoms with E-state index in [1.807, 2.05) is 24.3 Å². The van der Waals surface area contributed by atoms with E-state index in [0.29, 0.717) is 28.8 Å². The Morgan fingerprint density at radius 3 is 2.58 bits per heavy atom. The van der Waals surface area contributed by atoms with Crippen molar-refractivity contribution in [1.82, 2.24) is 9.97 Å². The fraction of sp³-hybridized carbons (Fsp3) is 0. The minimum Gasteiger partial charge on any atom is -0.508 e. The molecule has 1 amide bonds. The van der Waals surface area contributed by atoms with Gasteiger partial charge in [0.05, 0.1) is 22.4 Å². The smallest absolute Gasteiger partial charge is 0.323 e. The molecule has 0 bridgehead atoms. The maximum absolute atomic E-state index is 11.8. The van der Waals surface area contributed by atoms with Crippen LogP contribution in [-0.4, -0.2) is 21.5 Å². The summed E-state index contributed by atoms with van der Waals surface area (Å²) < 4.78 is 0. The van der Waals surface area contributed by atoms with E-state index in [1.54, 1.807) is 30.3 Å². The van der Waals surface area contributed by atoms with E-state index >= 15 is 0 Å². The quantitative estimate of drug-likeness (QED) is 0.507. The van der Waals surface area contributed by atoms with Gasteiger partial charge in [-0.3, -0.25) is 9.69 Å². The standard InChI is InChI=1S/C18H13N3O3/c22-10-21(12-5-6-15-16(8-12)20-18(24)19-15)17-9-13(23)7-11-3-1-2-4-14(11)17/h1-10,23H,(H2,19,20,24). The third-order valence-electron chi connectivity index (χ3n) is 3.97. The Hall–Kier alpha value is -3.54. The van der Waals surface area contributed by atoms with Crippen LogP contribution in [-0.2, 0) is 4.79 Å². The Kier molecular flexibility index (Phi) is 3.09. The molecule has 3 aromatic carbocycles. The Morgan fingerprint density at radius 2 is 1.75 bits per heavy atom. The molecule has 0 unspecified atom stereocenters. The number of H-pyrrole nitrogens is 2. The lowest BCUT2D eigenvalue weighted by Crippen LogP contribution is -2.14. The van der Waals surface area contributed by atoms with E-state index in [-0.39, 0.29) is 11.4 Å². The van der Waals surface area contributed by atoms with Crippen molar-refractivity contribution in [3.8, 4) is 5.75 Å². The van der Waals surface area contributed by atoms with Crippen LogP contribution in [0.2, 0.25) is 0 Å². The topological polar surface area (TPSA) is 89.2 Å². The van der Waals surface area contributed by atoms with E-state index in [0.717, 1.165) is 10.8 Å². The number of benzene rings is 3. The molecule has 0 fully saturated rings. The summed E-state index contributed by atoms with van der Waals surface area (Å²) >= 11 is 0. The molecular formula is C18H13N3O3. The second kappa shape index (κ2) is 5.27. The molecule has 24 heavy (non-hydrogen) atoms. The zero-order valence-corrected chi connectivity index (χ0v) is 12.5. The van der Waals surface area contributed by atoms with Gasteiger partial charge >= 0.3 is 5.69 Å². The Labute approximate surface area is 136 Å². The number of aromatic hydroxyl groups is 1. The van der Waals surface area contributed by atoms with Gasteiger partial charge in [-0.25, -0.2) is 4.79 Å². The number of carbonyl (C=O) groups excluding carboxylic acids is 1. The van der Waals surface area contributed by atoms with Crippen LogP contribution in [0.15, 0.2) is 59.4 Å². The molecule has 0 spiro atoms. The fourth-order valence-electron chi connectivity index (χ4n) is 2.90. The van der Waals surface area contributed by atoms with Crippen molar-refractivity contribution < 1.29 is 9.90 Å². The fourth-order valence-corrected chi connectivity index (χ4v) is 2.90. The van der Waals surface area contributed by atoms with Crippen LogP contribution >= 0.6 is 0 Å². The second-order valence-corrected chi connectivity index (χ2v) is 5.47. The molecule has 0 saturated heterocycles. The van der Waals surface area contributed by atoms with Gasteiger partial charge in [0.1, 0.15) is 5.75 Å². The van der Waals surface area contributed by atoms with E-state index in [2.05, 4.69) is 9.97 Å².